The maximum Gasteiger partial charge on any atom is 0.289 e. The third kappa shape index (κ3) is 3.60. The molecule has 1 saturated heterocycles. The first kappa shape index (κ1) is 20.8. The Bertz CT molecular complexity index is 1340. The van der Waals surface area contributed by atoms with Crippen LogP contribution in [-0.2, 0) is 23.0 Å². The van der Waals surface area contributed by atoms with E-state index in [0.717, 1.165) is 29.7 Å². The van der Waals surface area contributed by atoms with Gasteiger partial charge < -0.3 is 14.3 Å². The van der Waals surface area contributed by atoms with Crippen LogP contribution < -0.4 is 0 Å². The summed E-state index contributed by atoms with van der Waals surface area (Å²) < 4.78 is 33.5. The van der Waals surface area contributed by atoms with Crippen LogP contribution in [0.3, 0.4) is 0 Å². The fourth-order valence-electron chi connectivity index (χ4n) is 4.31. The number of furan rings is 1. The van der Waals surface area contributed by atoms with Gasteiger partial charge in [0, 0.05) is 49.2 Å². The third-order valence-corrected chi connectivity index (χ3v) is 8.01. The van der Waals surface area contributed by atoms with Crippen molar-refractivity contribution in [1.82, 2.24) is 19.1 Å². The Balaban J connectivity index is 1.29. The first-order chi connectivity index (χ1) is 15.3. The number of aromatic amines is 1. The highest BCUT2D eigenvalue weighted by Crippen LogP contribution is 2.25. The fraction of sp³-hybridized carbons (Fsp3) is 0.348. The molecular weight excluding hydrogens is 428 g/mol. The summed E-state index contributed by atoms with van der Waals surface area (Å²) in [6.07, 6.45) is 6.30. The number of hydrogen-bond donors (Lipinski definition) is 1. The summed E-state index contributed by atoms with van der Waals surface area (Å²) in [6.45, 7) is 2.70. The van der Waals surface area contributed by atoms with Crippen molar-refractivity contribution in [2.24, 2.45) is 0 Å². The van der Waals surface area contributed by atoms with Gasteiger partial charge in [-0.25, -0.2) is 8.42 Å². The lowest BCUT2D eigenvalue weighted by atomic mass is 10.1. The molecule has 1 fully saturated rings. The van der Waals surface area contributed by atoms with Crippen molar-refractivity contribution >= 4 is 26.8 Å². The van der Waals surface area contributed by atoms with Gasteiger partial charge in [0.2, 0.25) is 0 Å². The van der Waals surface area contributed by atoms with E-state index in [1.165, 1.54) is 4.31 Å². The highest BCUT2D eigenvalue weighted by Gasteiger charge is 2.33. The summed E-state index contributed by atoms with van der Waals surface area (Å²) in [5.74, 6) is 3.55. The number of likely N-dealkylation sites (N-methyl/N-ethyl adjacent to an activating group) is 1. The zero-order chi connectivity index (χ0) is 22.5. The largest absolute Gasteiger partial charge is 0.454 e. The maximum absolute atomic E-state index is 13.1. The number of amides is 1. The van der Waals surface area contributed by atoms with Crippen LogP contribution in [0.1, 0.15) is 27.4 Å². The molecule has 0 spiro atoms. The van der Waals surface area contributed by atoms with E-state index in [1.807, 2.05) is 13.1 Å². The van der Waals surface area contributed by atoms with Gasteiger partial charge in [0.15, 0.2) is 5.76 Å². The number of carbonyl (C=O) groups is 1. The number of nitrogens with zero attached hydrogens (tertiary/aromatic N) is 3. The molecule has 166 valence electrons. The Morgan fingerprint density at radius 2 is 1.91 bits per heavy atom. The van der Waals surface area contributed by atoms with Crippen molar-refractivity contribution in [3.63, 3.8) is 0 Å². The Hall–Kier alpha value is -3.06. The molecular formula is C23H24N4O4S. The van der Waals surface area contributed by atoms with E-state index in [-0.39, 0.29) is 24.0 Å². The van der Waals surface area contributed by atoms with Gasteiger partial charge in [0.05, 0.1) is 6.54 Å². The van der Waals surface area contributed by atoms with Gasteiger partial charge in [-0.3, -0.25) is 9.69 Å². The van der Waals surface area contributed by atoms with Crippen molar-refractivity contribution in [3.05, 3.63) is 53.0 Å². The normalized spacial score (nSPS) is 17.9. The lowest BCUT2D eigenvalue weighted by Gasteiger charge is -2.33. The molecule has 0 atom stereocenters. The average Bonchev–Trinajstić information content (AvgIpc) is 3.42. The van der Waals surface area contributed by atoms with Gasteiger partial charge >= 0.3 is 0 Å². The molecule has 8 nitrogen and oxygen atoms in total. The van der Waals surface area contributed by atoms with Crippen LogP contribution in [0.5, 0.6) is 0 Å². The van der Waals surface area contributed by atoms with Gasteiger partial charge in [-0.1, -0.05) is 5.92 Å². The summed E-state index contributed by atoms with van der Waals surface area (Å²) in [5.41, 5.74) is 2.49. The summed E-state index contributed by atoms with van der Waals surface area (Å²) >= 11 is 0. The number of fused-ring (bicyclic) bond motifs is 2. The van der Waals surface area contributed by atoms with E-state index in [4.69, 9.17) is 10.8 Å². The topological polar surface area (TPSA) is 89.9 Å². The van der Waals surface area contributed by atoms with Gasteiger partial charge in [-0.05, 0) is 49.4 Å². The summed E-state index contributed by atoms with van der Waals surface area (Å²) in [6, 6.07) is 8.77. The number of H-pyrrole nitrogens is 1. The molecule has 0 radical (unpaired) electrons. The number of benzene rings is 1. The Kier molecular flexibility index (Phi) is 5.08. The van der Waals surface area contributed by atoms with Crippen LogP contribution in [0.15, 0.2) is 39.8 Å². The minimum Gasteiger partial charge on any atom is -0.454 e. The van der Waals surface area contributed by atoms with Crippen molar-refractivity contribution in [2.75, 3.05) is 39.8 Å². The van der Waals surface area contributed by atoms with Gasteiger partial charge in [-0.15, -0.1) is 6.42 Å². The number of hydrogen-bond acceptors (Lipinski definition) is 5. The molecule has 2 aliphatic rings. The number of sulfonamides is 1. The SMILES string of the molecule is C#Cc1ccc2[nH]c(S(=O)(=O)N3CCN(C(=O)c4cc5c(o4)CN(C)CC5)CC3)cc2c1. The lowest BCUT2D eigenvalue weighted by Crippen LogP contribution is -2.50. The Morgan fingerprint density at radius 1 is 1.12 bits per heavy atom. The zero-order valence-corrected chi connectivity index (χ0v) is 18.6. The van der Waals surface area contributed by atoms with Crippen LogP contribution in [0, 0.1) is 12.3 Å². The first-order valence-electron chi connectivity index (χ1n) is 10.5. The van der Waals surface area contributed by atoms with Crippen LogP contribution >= 0.6 is 0 Å². The Morgan fingerprint density at radius 3 is 2.66 bits per heavy atom. The van der Waals surface area contributed by atoms with E-state index in [0.29, 0.717) is 36.5 Å². The van der Waals surface area contributed by atoms with Crippen LogP contribution in [-0.4, -0.2) is 73.2 Å². The molecule has 1 amide bonds. The quantitative estimate of drug-likeness (QED) is 0.613. The van der Waals surface area contributed by atoms with E-state index in [1.54, 1.807) is 29.2 Å². The predicted molar refractivity (Wildman–Crippen MR) is 120 cm³/mol. The first-order valence-corrected chi connectivity index (χ1v) is 12.0. The second-order valence-corrected chi connectivity index (χ2v) is 10.2. The molecule has 32 heavy (non-hydrogen) atoms. The van der Waals surface area contributed by atoms with Crippen molar-refractivity contribution in [1.29, 1.82) is 0 Å². The number of piperazine rings is 1. The molecule has 0 aliphatic carbocycles. The van der Waals surface area contributed by atoms with Crippen molar-refractivity contribution in [2.45, 2.75) is 18.0 Å². The van der Waals surface area contributed by atoms with E-state index < -0.39 is 10.0 Å². The van der Waals surface area contributed by atoms with Crippen molar-refractivity contribution < 1.29 is 17.6 Å². The number of carbonyl (C=O) groups excluding carboxylic acids is 1. The number of terminal acetylenes is 1. The summed E-state index contributed by atoms with van der Waals surface area (Å²) in [4.78, 5) is 19.7. The minimum absolute atomic E-state index is 0.129. The smallest absolute Gasteiger partial charge is 0.289 e. The summed E-state index contributed by atoms with van der Waals surface area (Å²) in [5, 5.41) is 0.879. The monoisotopic (exact) mass is 452 g/mol. The Labute approximate surface area is 186 Å². The zero-order valence-electron chi connectivity index (χ0n) is 17.8. The molecule has 9 heteroatoms. The molecule has 2 aliphatic heterocycles. The van der Waals surface area contributed by atoms with Crippen molar-refractivity contribution in [3.8, 4) is 12.3 Å². The molecule has 5 rings (SSSR count). The van der Waals surface area contributed by atoms with Gasteiger partial charge in [0.25, 0.3) is 15.9 Å². The average molecular weight is 453 g/mol. The maximum atomic E-state index is 13.1. The molecule has 4 heterocycles. The number of rotatable bonds is 3. The molecule has 1 aromatic carbocycles. The second kappa shape index (κ2) is 7.81. The lowest BCUT2D eigenvalue weighted by molar-refractivity contribution is 0.0662. The van der Waals surface area contributed by atoms with Crippen LogP contribution in [0.25, 0.3) is 10.9 Å². The molecule has 0 unspecified atom stereocenters. The number of nitrogens with one attached hydrogen (secondary N) is 1. The van der Waals surface area contributed by atoms with Crippen LogP contribution in [0.4, 0.5) is 0 Å². The second-order valence-electron chi connectivity index (χ2n) is 8.32. The minimum atomic E-state index is -3.71. The fourth-order valence-corrected chi connectivity index (χ4v) is 5.75. The van der Waals surface area contributed by atoms with E-state index in [2.05, 4.69) is 15.8 Å². The van der Waals surface area contributed by atoms with E-state index >= 15 is 0 Å². The molecule has 1 N–H and O–H groups in total. The van der Waals surface area contributed by atoms with Gasteiger partial charge in [0.1, 0.15) is 10.8 Å². The standard InChI is InChI=1S/C23H24N4O4S/c1-3-16-4-5-19-18(12-16)14-22(24-19)32(29,30)27-10-8-26(9-11-27)23(28)20-13-17-6-7-25(2)15-21(17)31-20/h1,4-5,12-14,24H,6-11,15H2,2H3. The third-order valence-electron chi connectivity index (χ3n) is 6.19. The highest BCUT2D eigenvalue weighted by atomic mass is 32.2. The molecule has 0 saturated carbocycles. The molecule has 0 bridgehead atoms. The van der Waals surface area contributed by atoms with Gasteiger partial charge in [-0.2, -0.15) is 4.31 Å². The molecule has 2 aromatic heterocycles. The highest BCUT2D eigenvalue weighted by molar-refractivity contribution is 7.89. The van der Waals surface area contributed by atoms with E-state index in [9.17, 15) is 13.2 Å². The predicted octanol–water partition coefficient (Wildman–Crippen LogP) is 1.88. The number of aromatic nitrogens is 1. The van der Waals surface area contributed by atoms with Crippen LogP contribution in [0.2, 0.25) is 0 Å². The molecule has 3 aromatic rings. The summed E-state index contributed by atoms with van der Waals surface area (Å²) in [7, 11) is -1.68.